The number of hydrogen-bond donors (Lipinski definition) is 1. The van der Waals surface area contributed by atoms with E-state index in [2.05, 4.69) is 47.9 Å². The van der Waals surface area contributed by atoms with Gasteiger partial charge in [-0.3, -0.25) is 39.1 Å². The minimum Gasteiger partial charge on any atom is -0.371 e. The Kier molecular flexibility index (Phi) is 10.2. The lowest BCUT2D eigenvalue weighted by Gasteiger charge is -2.43. The van der Waals surface area contributed by atoms with E-state index in [1.807, 2.05) is 23.1 Å². The number of carbonyl (C=O) groups is 5. The Morgan fingerprint density at radius 2 is 1.54 bits per heavy atom. The van der Waals surface area contributed by atoms with Crippen molar-refractivity contribution in [2.75, 3.05) is 73.6 Å². The van der Waals surface area contributed by atoms with Crippen molar-refractivity contribution in [3.63, 3.8) is 0 Å². The molecule has 1 aromatic heterocycles. The van der Waals surface area contributed by atoms with E-state index in [-0.39, 0.29) is 29.7 Å². The molecule has 0 saturated carbocycles. The van der Waals surface area contributed by atoms with E-state index in [9.17, 15) is 29.2 Å². The van der Waals surface area contributed by atoms with E-state index in [4.69, 9.17) is 11.6 Å². The largest absolute Gasteiger partial charge is 0.371 e. The van der Waals surface area contributed by atoms with Crippen molar-refractivity contribution >= 4 is 58.5 Å². The van der Waals surface area contributed by atoms with Crippen LogP contribution in [0.3, 0.4) is 0 Å². The molecule has 9 rings (SSSR count). The molecule has 0 bridgehead atoms. The topological polar surface area (TPSA) is 166 Å². The number of carbonyl (C=O) groups excluding carboxylic acids is 5. The third-order valence-corrected chi connectivity index (χ3v) is 13.8. The number of amides is 5. The van der Waals surface area contributed by atoms with Gasteiger partial charge >= 0.3 is 0 Å². The predicted octanol–water partition coefficient (Wildman–Crippen LogP) is 3.72. The van der Waals surface area contributed by atoms with Crippen molar-refractivity contribution in [2.45, 2.75) is 70.0 Å². The van der Waals surface area contributed by atoms with E-state index in [0.717, 1.165) is 94.2 Å². The summed E-state index contributed by atoms with van der Waals surface area (Å²) in [5.74, 6) is -1.41. The second kappa shape index (κ2) is 15.5. The molecule has 306 valence electrons. The van der Waals surface area contributed by atoms with Gasteiger partial charge in [-0.15, -0.1) is 0 Å². The summed E-state index contributed by atoms with van der Waals surface area (Å²) in [4.78, 5) is 85.6. The van der Waals surface area contributed by atoms with Crippen LogP contribution in [0.15, 0.2) is 48.8 Å². The SMILES string of the molecule is C[C@H]1CC2(CCN(c3ncc(C(=O)N4CCN(C5CCN(c6ccc7c(c6)C(=O)N(C6CCC(=O)NC6=O)C7=O)CC5)CC4)cn3)CC2)CN1c1ccc(C#N)c(Cl)c1. The number of nitrogens with zero attached hydrogens (tertiary/aromatic N) is 9. The number of piperazine rings is 1. The number of rotatable bonds is 6. The second-order valence-electron chi connectivity index (χ2n) is 16.9. The van der Waals surface area contributed by atoms with Crippen LogP contribution in [-0.4, -0.2) is 131 Å². The van der Waals surface area contributed by atoms with Gasteiger partial charge in [0, 0.05) is 101 Å². The summed E-state index contributed by atoms with van der Waals surface area (Å²) in [5.41, 5.74) is 3.69. The summed E-state index contributed by atoms with van der Waals surface area (Å²) < 4.78 is 0. The summed E-state index contributed by atoms with van der Waals surface area (Å²) in [6.45, 7) is 9.30. The average molecular weight is 819 g/mol. The Labute approximate surface area is 347 Å². The summed E-state index contributed by atoms with van der Waals surface area (Å²) in [6.07, 6.45) is 8.54. The lowest BCUT2D eigenvalue weighted by molar-refractivity contribution is -0.136. The van der Waals surface area contributed by atoms with Crippen LogP contribution in [-0.2, 0) is 9.59 Å². The zero-order chi connectivity index (χ0) is 41.0. The van der Waals surface area contributed by atoms with Crippen molar-refractivity contribution in [3.8, 4) is 6.07 Å². The quantitative estimate of drug-likeness (QED) is 0.359. The molecule has 16 heteroatoms. The zero-order valence-corrected chi connectivity index (χ0v) is 33.9. The Morgan fingerprint density at radius 3 is 2.22 bits per heavy atom. The minimum absolute atomic E-state index is 0.0487. The maximum Gasteiger partial charge on any atom is 0.262 e. The van der Waals surface area contributed by atoms with Crippen molar-refractivity contribution < 1.29 is 24.0 Å². The molecule has 2 aromatic carbocycles. The van der Waals surface area contributed by atoms with Crippen LogP contribution in [0.4, 0.5) is 17.3 Å². The number of halogens is 1. The van der Waals surface area contributed by atoms with Crippen molar-refractivity contribution in [3.05, 3.63) is 76.1 Å². The van der Waals surface area contributed by atoms with Crippen molar-refractivity contribution in [1.29, 1.82) is 5.26 Å². The van der Waals surface area contributed by atoms with E-state index < -0.39 is 29.7 Å². The smallest absolute Gasteiger partial charge is 0.262 e. The van der Waals surface area contributed by atoms with Gasteiger partial charge in [-0.05, 0) is 87.3 Å². The molecule has 0 radical (unpaired) electrons. The van der Waals surface area contributed by atoms with Crippen LogP contribution in [0, 0.1) is 16.7 Å². The molecule has 15 nitrogen and oxygen atoms in total. The van der Waals surface area contributed by atoms with Crippen LogP contribution in [0.5, 0.6) is 0 Å². The van der Waals surface area contributed by atoms with Crippen LogP contribution in [0.25, 0.3) is 0 Å². The molecule has 1 N–H and O–H groups in total. The summed E-state index contributed by atoms with van der Waals surface area (Å²) >= 11 is 6.37. The number of anilines is 3. The Balaban J connectivity index is 0.736. The third kappa shape index (κ3) is 7.26. The molecular weight excluding hydrogens is 772 g/mol. The molecule has 6 aliphatic heterocycles. The molecule has 5 amide bonds. The first-order valence-corrected chi connectivity index (χ1v) is 21.1. The lowest BCUT2D eigenvalue weighted by atomic mass is 9.77. The Morgan fingerprint density at radius 1 is 0.847 bits per heavy atom. The molecule has 1 unspecified atom stereocenters. The van der Waals surface area contributed by atoms with Gasteiger partial charge in [0.05, 0.1) is 27.3 Å². The standard InChI is InChI=1S/C43H47ClN10O5/c1-27-22-43(26-53(27)32-3-2-28(23-45)35(44)21-32)10-14-52(15-11-43)42-46-24-29(25-47-42)39(57)51-18-16-50(17-19-51)30-8-12-49(13-9-30)31-4-5-33-34(20-31)41(59)54(40(33)58)36-6-7-37(55)48-38(36)56/h2-5,20-21,24-25,27,30,36H,6-19,22,26H2,1H3,(H,48,55,56)/t27-,36?/m0/s1. The van der Waals surface area contributed by atoms with Crippen molar-refractivity contribution in [1.82, 2.24) is 30.0 Å². The van der Waals surface area contributed by atoms with Crippen LogP contribution < -0.4 is 20.0 Å². The number of nitrogens with one attached hydrogen (secondary N) is 1. The van der Waals surface area contributed by atoms with Crippen LogP contribution in [0.2, 0.25) is 5.02 Å². The van der Waals surface area contributed by atoms with Gasteiger partial charge in [-0.1, -0.05) is 11.6 Å². The molecular formula is C43H47ClN10O5. The maximum absolute atomic E-state index is 13.5. The fourth-order valence-corrected chi connectivity index (χ4v) is 10.4. The van der Waals surface area contributed by atoms with E-state index in [1.165, 1.54) is 0 Å². The highest BCUT2D eigenvalue weighted by molar-refractivity contribution is 6.32. The molecule has 5 saturated heterocycles. The van der Waals surface area contributed by atoms with E-state index in [1.54, 1.807) is 30.6 Å². The van der Waals surface area contributed by atoms with Gasteiger partial charge in [0.15, 0.2) is 0 Å². The van der Waals surface area contributed by atoms with E-state index in [0.29, 0.717) is 52.8 Å². The Bertz CT molecular complexity index is 2240. The van der Waals surface area contributed by atoms with Crippen LogP contribution in [0.1, 0.15) is 88.5 Å². The lowest BCUT2D eigenvalue weighted by Crippen LogP contribution is -2.54. The zero-order valence-electron chi connectivity index (χ0n) is 33.1. The van der Waals surface area contributed by atoms with Gasteiger partial charge < -0.3 is 19.6 Å². The summed E-state index contributed by atoms with van der Waals surface area (Å²) in [7, 11) is 0. The number of aromatic nitrogens is 2. The Hall–Kier alpha value is -5.59. The molecule has 1 spiro atoms. The number of hydrogen-bond acceptors (Lipinski definition) is 12. The summed E-state index contributed by atoms with van der Waals surface area (Å²) in [6, 6.07) is 12.9. The molecule has 59 heavy (non-hydrogen) atoms. The number of benzene rings is 2. The van der Waals surface area contributed by atoms with Gasteiger partial charge in [0.1, 0.15) is 12.1 Å². The first-order chi connectivity index (χ1) is 28.5. The monoisotopic (exact) mass is 818 g/mol. The molecule has 3 aromatic rings. The highest BCUT2D eigenvalue weighted by Crippen LogP contribution is 2.45. The first kappa shape index (κ1) is 38.9. The molecule has 7 heterocycles. The summed E-state index contributed by atoms with van der Waals surface area (Å²) in [5, 5.41) is 12.0. The first-order valence-electron chi connectivity index (χ1n) is 20.7. The van der Waals surface area contributed by atoms with Gasteiger partial charge in [0.25, 0.3) is 17.7 Å². The van der Waals surface area contributed by atoms with Gasteiger partial charge in [-0.2, -0.15) is 5.26 Å². The van der Waals surface area contributed by atoms with E-state index >= 15 is 0 Å². The van der Waals surface area contributed by atoms with Gasteiger partial charge in [0.2, 0.25) is 17.8 Å². The highest BCUT2D eigenvalue weighted by atomic mass is 35.5. The fourth-order valence-electron chi connectivity index (χ4n) is 10.2. The number of nitriles is 1. The second-order valence-corrected chi connectivity index (χ2v) is 17.3. The fraction of sp³-hybridized carbons (Fsp3) is 0.488. The maximum atomic E-state index is 13.5. The van der Waals surface area contributed by atoms with Gasteiger partial charge in [-0.25, -0.2) is 9.97 Å². The minimum atomic E-state index is -0.985. The number of fused-ring (bicyclic) bond motifs is 1. The van der Waals surface area contributed by atoms with Crippen LogP contribution >= 0.6 is 11.6 Å². The average Bonchev–Trinajstić information content (AvgIpc) is 3.71. The molecule has 2 atom stereocenters. The normalized spacial score (nSPS) is 23.8. The highest BCUT2D eigenvalue weighted by Gasteiger charge is 2.46. The number of imide groups is 2. The molecule has 6 aliphatic rings. The third-order valence-electron chi connectivity index (χ3n) is 13.5. The molecule has 5 fully saturated rings. The predicted molar refractivity (Wildman–Crippen MR) is 219 cm³/mol. The molecule has 0 aliphatic carbocycles. The van der Waals surface area contributed by atoms with Crippen molar-refractivity contribution in [2.24, 2.45) is 5.41 Å². The number of piperidine rings is 3.